The molecule has 4 heterocycles. The van der Waals surface area contributed by atoms with E-state index in [9.17, 15) is 0 Å². The summed E-state index contributed by atoms with van der Waals surface area (Å²) >= 11 is 5.76. The van der Waals surface area contributed by atoms with Crippen LogP contribution in [0, 0.1) is 13.8 Å². The first-order chi connectivity index (χ1) is 15.0. The van der Waals surface area contributed by atoms with E-state index < -0.39 is 0 Å². The third kappa shape index (κ3) is 4.64. The Bertz CT molecular complexity index is 891. The number of rotatable bonds is 7. The SMILES string of the molecule is Cc1cc([C@H]2[C@@H](c3ccccn3)NC(=S)N2C(C)C)c(C)n1CCCN1CCOCC1. The molecule has 0 unspecified atom stereocenters. The molecule has 31 heavy (non-hydrogen) atoms. The zero-order chi connectivity index (χ0) is 22.0. The molecule has 2 aliphatic rings. The minimum atomic E-state index is 0.0541. The summed E-state index contributed by atoms with van der Waals surface area (Å²) in [5.74, 6) is 0. The first-order valence-corrected chi connectivity index (χ1v) is 11.8. The number of hydrogen-bond donors (Lipinski definition) is 1. The standard InChI is InChI=1S/C24H35N5OS/c1-17(2)29-23(22(26-24(29)31)21-8-5-6-9-25-21)20-16-18(3)28(19(20)4)11-7-10-27-12-14-30-15-13-27/h5-6,8-9,16-17,22-23H,7,10-15H2,1-4H3,(H,26,31)/t22-,23+/m1/s1. The lowest BCUT2D eigenvalue weighted by Crippen LogP contribution is -2.37. The molecule has 0 saturated carbocycles. The fourth-order valence-corrected chi connectivity index (χ4v) is 5.45. The molecule has 2 aromatic heterocycles. The lowest BCUT2D eigenvalue weighted by Gasteiger charge is -2.31. The van der Waals surface area contributed by atoms with Crippen molar-refractivity contribution in [1.82, 2.24) is 24.7 Å². The van der Waals surface area contributed by atoms with E-state index in [0.717, 1.165) is 56.6 Å². The molecule has 7 heteroatoms. The van der Waals surface area contributed by atoms with Crippen molar-refractivity contribution in [2.45, 2.75) is 58.8 Å². The lowest BCUT2D eigenvalue weighted by atomic mass is 9.96. The highest BCUT2D eigenvalue weighted by atomic mass is 32.1. The van der Waals surface area contributed by atoms with Crippen molar-refractivity contribution in [3.8, 4) is 0 Å². The Kier molecular flexibility index (Phi) is 6.94. The van der Waals surface area contributed by atoms with Gasteiger partial charge in [0.15, 0.2) is 5.11 Å². The van der Waals surface area contributed by atoms with E-state index in [1.165, 1.54) is 17.0 Å². The molecule has 168 valence electrons. The van der Waals surface area contributed by atoms with Gasteiger partial charge in [0.1, 0.15) is 0 Å². The van der Waals surface area contributed by atoms with Crippen LogP contribution in [0.25, 0.3) is 0 Å². The van der Waals surface area contributed by atoms with E-state index in [2.05, 4.69) is 70.6 Å². The molecule has 0 bridgehead atoms. The largest absolute Gasteiger partial charge is 0.379 e. The van der Waals surface area contributed by atoms with Crippen LogP contribution in [0.3, 0.4) is 0 Å². The molecule has 2 saturated heterocycles. The fraction of sp³-hybridized carbons (Fsp3) is 0.583. The van der Waals surface area contributed by atoms with Crippen LogP contribution in [0.1, 0.15) is 55.0 Å². The number of nitrogens with one attached hydrogen (secondary N) is 1. The van der Waals surface area contributed by atoms with Gasteiger partial charge in [0.2, 0.25) is 0 Å². The maximum Gasteiger partial charge on any atom is 0.170 e. The number of aryl methyl sites for hydroxylation is 1. The van der Waals surface area contributed by atoms with Crippen molar-refractivity contribution in [2.24, 2.45) is 0 Å². The van der Waals surface area contributed by atoms with Gasteiger partial charge < -0.3 is 19.5 Å². The molecule has 2 aromatic rings. The number of pyridine rings is 1. The summed E-state index contributed by atoms with van der Waals surface area (Å²) in [4.78, 5) is 9.50. The Hall–Kier alpha value is -1.96. The van der Waals surface area contributed by atoms with E-state index in [1.807, 2.05) is 12.3 Å². The average molecular weight is 442 g/mol. The third-order valence-electron chi connectivity index (χ3n) is 6.58. The number of nitrogens with zero attached hydrogens (tertiary/aromatic N) is 4. The zero-order valence-electron chi connectivity index (χ0n) is 19.2. The number of hydrogen-bond acceptors (Lipinski definition) is 4. The number of morpholine rings is 1. The lowest BCUT2D eigenvalue weighted by molar-refractivity contribution is 0.0369. The van der Waals surface area contributed by atoms with Crippen molar-refractivity contribution in [1.29, 1.82) is 0 Å². The first-order valence-electron chi connectivity index (χ1n) is 11.4. The van der Waals surface area contributed by atoms with Gasteiger partial charge in [-0.15, -0.1) is 0 Å². The normalized spacial score (nSPS) is 22.4. The van der Waals surface area contributed by atoms with Gasteiger partial charge in [-0.25, -0.2) is 0 Å². The highest BCUT2D eigenvalue weighted by Crippen LogP contribution is 2.41. The van der Waals surface area contributed by atoms with Crippen LogP contribution in [0.15, 0.2) is 30.5 Å². The highest BCUT2D eigenvalue weighted by Gasteiger charge is 2.42. The summed E-state index contributed by atoms with van der Waals surface area (Å²) in [7, 11) is 0. The zero-order valence-corrected chi connectivity index (χ0v) is 20.0. The van der Waals surface area contributed by atoms with Gasteiger partial charge in [0.05, 0.1) is 31.0 Å². The van der Waals surface area contributed by atoms with Crippen LogP contribution in [-0.4, -0.2) is 63.4 Å². The Balaban J connectivity index is 1.58. The number of thiocarbonyl (C=S) groups is 1. The maximum atomic E-state index is 5.76. The Labute approximate surface area is 191 Å². The second-order valence-corrected chi connectivity index (χ2v) is 9.30. The van der Waals surface area contributed by atoms with E-state index in [4.69, 9.17) is 17.0 Å². The van der Waals surface area contributed by atoms with Crippen molar-refractivity contribution in [3.05, 3.63) is 53.1 Å². The van der Waals surface area contributed by atoms with Crippen LogP contribution < -0.4 is 5.32 Å². The van der Waals surface area contributed by atoms with Crippen LogP contribution in [0.4, 0.5) is 0 Å². The predicted octanol–water partition coefficient (Wildman–Crippen LogP) is 3.60. The molecular weight excluding hydrogens is 406 g/mol. The molecule has 1 N–H and O–H groups in total. The van der Waals surface area contributed by atoms with Crippen molar-refractivity contribution in [2.75, 3.05) is 32.8 Å². The van der Waals surface area contributed by atoms with Crippen molar-refractivity contribution >= 4 is 17.3 Å². The maximum absolute atomic E-state index is 5.76. The first kappa shape index (κ1) is 22.2. The van der Waals surface area contributed by atoms with Gasteiger partial charge in [0, 0.05) is 49.8 Å². The average Bonchev–Trinajstić information content (AvgIpc) is 3.26. The monoisotopic (exact) mass is 441 g/mol. The van der Waals surface area contributed by atoms with E-state index in [1.54, 1.807) is 0 Å². The molecule has 2 atom stereocenters. The molecule has 2 aliphatic heterocycles. The van der Waals surface area contributed by atoms with E-state index in [-0.39, 0.29) is 12.1 Å². The summed E-state index contributed by atoms with van der Waals surface area (Å²) in [6.07, 6.45) is 3.01. The Morgan fingerprint density at radius 3 is 2.65 bits per heavy atom. The van der Waals surface area contributed by atoms with Gasteiger partial charge in [-0.3, -0.25) is 9.88 Å². The molecule has 2 fully saturated rings. The van der Waals surface area contributed by atoms with Crippen LogP contribution in [0.5, 0.6) is 0 Å². The molecule has 0 radical (unpaired) electrons. The number of ether oxygens (including phenoxy) is 1. The molecule has 0 aliphatic carbocycles. The summed E-state index contributed by atoms with van der Waals surface area (Å²) in [5, 5.41) is 4.37. The molecule has 6 nitrogen and oxygen atoms in total. The van der Waals surface area contributed by atoms with Gasteiger partial charge in [-0.2, -0.15) is 0 Å². The molecular formula is C24H35N5OS. The molecule has 4 rings (SSSR count). The summed E-state index contributed by atoms with van der Waals surface area (Å²) in [5.41, 5.74) is 5.04. The molecule has 0 aromatic carbocycles. The number of aromatic nitrogens is 2. The fourth-order valence-electron chi connectivity index (χ4n) is 5.00. The summed E-state index contributed by atoms with van der Waals surface area (Å²) in [6.45, 7) is 14.9. The minimum Gasteiger partial charge on any atom is -0.379 e. The van der Waals surface area contributed by atoms with Crippen molar-refractivity contribution < 1.29 is 4.74 Å². The van der Waals surface area contributed by atoms with Gasteiger partial charge in [-0.1, -0.05) is 6.07 Å². The third-order valence-corrected chi connectivity index (χ3v) is 6.91. The minimum absolute atomic E-state index is 0.0541. The van der Waals surface area contributed by atoms with Gasteiger partial charge >= 0.3 is 0 Å². The van der Waals surface area contributed by atoms with Crippen LogP contribution >= 0.6 is 12.2 Å². The van der Waals surface area contributed by atoms with E-state index in [0.29, 0.717) is 6.04 Å². The second kappa shape index (κ2) is 9.67. The highest BCUT2D eigenvalue weighted by molar-refractivity contribution is 7.80. The summed E-state index contributed by atoms with van der Waals surface area (Å²) in [6, 6.07) is 8.97. The molecule has 0 spiro atoms. The predicted molar refractivity (Wildman–Crippen MR) is 128 cm³/mol. The van der Waals surface area contributed by atoms with Crippen LogP contribution in [0.2, 0.25) is 0 Å². The Morgan fingerprint density at radius 1 is 1.19 bits per heavy atom. The Morgan fingerprint density at radius 2 is 1.97 bits per heavy atom. The van der Waals surface area contributed by atoms with E-state index >= 15 is 0 Å². The van der Waals surface area contributed by atoms with Crippen LogP contribution in [-0.2, 0) is 11.3 Å². The molecule has 0 amide bonds. The van der Waals surface area contributed by atoms with Gasteiger partial charge in [-0.05, 0) is 70.1 Å². The van der Waals surface area contributed by atoms with Gasteiger partial charge in [0.25, 0.3) is 0 Å². The second-order valence-electron chi connectivity index (χ2n) is 8.91. The topological polar surface area (TPSA) is 45.6 Å². The van der Waals surface area contributed by atoms with Crippen molar-refractivity contribution in [3.63, 3.8) is 0 Å². The quantitative estimate of drug-likeness (QED) is 0.663. The summed E-state index contributed by atoms with van der Waals surface area (Å²) < 4.78 is 7.95. The smallest absolute Gasteiger partial charge is 0.170 e.